The van der Waals surface area contributed by atoms with Crippen LogP contribution in [0.3, 0.4) is 0 Å². The number of hydrogen-bond donors (Lipinski definition) is 0. The average molecular weight is 440 g/mol. The molecule has 0 N–H and O–H groups in total. The van der Waals surface area contributed by atoms with Crippen LogP contribution in [-0.4, -0.2) is 26.4 Å². The second-order valence-electron chi connectivity index (χ2n) is 9.85. The molecule has 0 spiro atoms. The molecule has 2 nitrogen and oxygen atoms in total. The first-order valence-corrected chi connectivity index (χ1v) is 13.9. The second-order valence-corrected chi connectivity index (χ2v) is 14.0. The van der Waals surface area contributed by atoms with Gasteiger partial charge in [0.15, 0.2) is 0 Å². The van der Waals surface area contributed by atoms with Crippen LogP contribution in [0.15, 0.2) is 96.2 Å². The summed E-state index contributed by atoms with van der Waals surface area (Å²) in [5.74, 6) is 0. The highest BCUT2D eigenvalue weighted by Gasteiger charge is 2.54. The van der Waals surface area contributed by atoms with E-state index in [2.05, 4.69) is 132 Å². The topological polar surface area (TPSA) is 18.5 Å². The predicted octanol–water partition coefficient (Wildman–Crippen LogP) is 5.52. The van der Waals surface area contributed by atoms with Crippen molar-refractivity contribution < 1.29 is 9.31 Å². The maximum Gasteiger partial charge on any atom is 0.495 e. The van der Waals surface area contributed by atoms with Crippen molar-refractivity contribution in [2.24, 2.45) is 0 Å². The third-order valence-corrected chi connectivity index (χ3v) is 12.2. The Morgan fingerprint density at radius 2 is 1.03 bits per heavy atom. The zero-order valence-corrected chi connectivity index (χ0v) is 21.1. The molecule has 0 bridgehead atoms. The number of rotatable bonds is 5. The van der Waals surface area contributed by atoms with E-state index in [9.17, 15) is 0 Å². The molecule has 0 aliphatic carbocycles. The molecule has 0 aromatic heterocycles. The molecular formula is C28H33BO2Si. The lowest BCUT2D eigenvalue weighted by molar-refractivity contribution is 0.00578. The molecule has 164 valence electrons. The van der Waals surface area contributed by atoms with Gasteiger partial charge in [-0.1, -0.05) is 103 Å². The van der Waals surface area contributed by atoms with Crippen LogP contribution >= 0.6 is 0 Å². The van der Waals surface area contributed by atoms with E-state index in [1.54, 1.807) is 0 Å². The Morgan fingerprint density at radius 1 is 0.656 bits per heavy atom. The molecule has 1 aliphatic heterocycles. The van der Waals surface area contributed by atoms with E-state index in [1.807, 2.05) is 0 Å². The lowest BCUT2D eigenvalue weighted by Crippen LogP contribution is -2.57. The van der Waals surface area contributed by atoms with Gasteiger partial charge in [0.2, 0.25) is 0 Å². The van der Waals surface area contributed by atoms with E-state index >= 15 is 0 Å². The Morgan fingerprint density at radius 3 is 1.44 bits per heavy atom. The van der Waals surface area contributed by atoms with Gasteiger partial charge >= 0.3 is 7.12 Å². The van der Waals surface area contributed by atoms with Gasteiger partial charge in [-0.15, -0.1) is 0 Å². The fourth-order valence-electron chi connectivity index (χ4n) is 4.52. The van der Waals surface area contributed by atoms with E-state index in [0.29, 0.717) is 0 Å². The first-order valence-electron chi connectivity index (χ1n) is 11.4. The molecule has 1 aliphatic rings. The van der Waals surface area contributed by atoms with Gasteiger partial charge in [-0.05, 0) is 56.0 Å². The van der Waals surface area contributed by atoms with Crippen LogP contribution in [0.25, 0.3) is 5.47 Å². The summed E-state index contributed by atoms with van der Waals surface area (Å²) in [5.41, 5.74) is 1.53. The molecule has 3 aromatic rings. The Bertz CT molecular complexity index is 1040. The van der Waals surface area contributed by atoms with Gasteiger partial charge in [0, 0.05) is 0 Å². The molecule has 4 rings (SSSR count). The lowest BCUT2D eigenvalue weighted by atomic mass is 9.73. The van der Waals surface area contributed by atoms with E-state index in [4.69, 9.17) is 9.31 Å². The zero-order valence-electron chi connectivity index (χ0n) is 20.1. The van der Waals surface area contributed by atoms with Gasteiger partial charge in [0.05, 0.1) is 11.2 Å². The van der Waals surface area contributed by atoms with Crippen molar-refractivity contribution in [2.45, 2.75) is 52.4 Å². The maximum atomic E-state index is 6.61. The van der Waals surface area contributed by atoms with E-state index in [0.717, 1.165) is 11.0 Å². The van der Waals surface area contributed by atoms with Crippen LogP contribution < -0.4 is 10.4 Å². The smallest absolute Gasteiger partial charge is 0.399 e. The van der Waals surface area contributed by atoms with E-state index in [1.165, 1.54) is 15.6 Å². The summed E-state index contributed by atoms with van der Waals surface area (Å²) in [6, 6.07) is 32.5. The van der Waals surface area contributed by atoms with Crippen LogP contribution in [0.5, 0.6) is 0 Å². The third kappa shape index (κ3) is 3.92. The highest BCUT2D eigenvalue weighted by molar-refractivity contribution is 7.08. The fourth-order valence-corrected chi connectivity index (χ4v) is 8.24. The minimum Gasteiger partial charge on any atom is -0.399 e. The van der Waals surface area contributed by atoms with Gasteiger partial charge in [0.1, 0.15) is 8.07 Å². The first-order chi connectivity index (χ1) is 15.2. The second kappa shape index (κ2) is 8.51. The summed E-state index contributed by atoms with van der Waals surface area (Å²) >= 11 is 0. The molecule has 0 saturated carbocycles. The van der Waals surface area contributed by atoms with Crippen LogP contribution in [0.4, 0.5) is 0 Å². The molecular weight excluding hydrogens is 407 g/mol. The largest absolute Gasteiger partial charge is 0.495 e. The van der Waals surface area contributed by atoms with Gasteiger partial charge < -0.3 is 9.31 Å². The molecule has 1 saturated heterocycles. The minimum atomic E-state index is -2.29. The van der Waals surface area contributed by atoms with E-state index in [-0.39, 0.29) is 0 Å². The summed E-state index contributed by atoms with van der Waals surface area (Å²) < 4.78 is 13.2. The highest BCUT2D eigenvalue weighted by atomic mass is 28.3. The summed E-state index contributed by atoms with van der Waals surface area (Å²) in [6.07, 6.45) is 0. The standard InChI is InChI=1S/C28H33BO2Si/c1-22(32(6,24-18-12-8-13-19-24)25-20-14-9-15-21-25)26(23-16-10-7-11-17-23)29-30-27(2,3)28(4,5)31-29/h7-21H,1-6H3/b26-22-. The Kier molecular flexibility index (Phi) is 6.06. The van der Waals surface area contributed by atoms with Crippen molar-refractivity contribution in [3.63, 3.8) is 0 Å². The third-order valence-electron chi connectivity index (χ3n) is 7.43. The molecule has 32 heavy (non-hydrogen) atoms. The Labute approximate surface area is 194 Å². The Hall–Kier alpha value is -2.40. The van der Waals surface area contributed by atoms with Crippen molar-refractivity contribution in [1.29, 1.82) is 0 Å². The van der Waals surface area contributed by atoms with Crippen molar-refractivity contribution in [3.05, 3.63) is 102 Å². The van der Waals surface area contributed by atoms with Crippen molar-refractivity contribution >= 4 is 31.0 Å². The lowest BCUT2D eigenvalue weighted by Gasteiger charge is -2.33. The van der Waals surface area contributed by atoms with Gasteiger partial charge in [-0.3, -0.25) is 0 Å². The van der Waals surface area contributed by atoms with Crippen LogP contribution in [0.1, 0.15) is 40.2 Å². The van der Waals surface area contributed by atoms with Crippen LogP contribution in [0, 0.1) is 0 Å². The summed E-state index contributed by atoms with van der Waals surface area (Å²) in [6.45, 7) is 13.2. The average Bonchev–Trinajstić information content (AvgIpc) is 3.01. The molecule has 0 radical (unpaired) electrons. The number of hydrogen-bond acceptors (Lipinski definition) is 2. The molecule has 0 amide bonds. The normalized spacial score (nSPS) is 18.4. The van der Waals surface area contributed by atoms with Crippen LogP contribution in [-0.2, 0) is 9.31 Å². The van der Waals surface area contributed by atoms with Crippen LogP contribution in [0.2, 0.25) is 6.55 Å². The fraction of sp³-hybridized carbons (Fsp3) is 0.286. The number of allylic oxidation sites excluding steroid dienone is 1. The van der Waals surface area contributed by atoms with Crippen molar-refractivity contribution in [3.8, 4) is 0 Å². The minimum absolute atomic E-state index is 0.393. The van der Waals surface area contributed by atoms with Gasteiger partial charge in [0.25, 0.3) is 0 Å². The molecule has 0 unspecified atom stereocenters. The van der Waals surface area contributed by atoms with Crippen molar-refractivity contribution in [1.82, 2.24) is 0 Å². The van der Waals surface area contributed by atoms with Gasteiger partial charge in [-0.2, -0.15) is 0 Å². The molecule has 1 fully saturated rings. The molecule has 1 heterocycles. The molecule has 0 atom stereocenters. The zero-order chi connectivity index (χ0) is 23.0. The molecule has 4 heteroatoms. The Balaban J connectivity index is 1.99. The van der Waals surface area contributed by atoms with E-state index < -0.39 is 26.4 Å². The first kappa shape index (κ1) is 22.8. The maximum absolute atomic E-state index is 6.61. The SMILES string of the molecule is C/C(=C(/B1OC(C)(C)C(C)(C)O1)c1ccccc1)[Si](C)(c1ccccc1)c1ccccc1. The predicted molar refractivity (Wildman–Crippen MR) is 139 cm³/mol. The summed E-state index contributed by atoms with van der Waals surface area (Å²) in [7, 11) is -2.71. The van der Waals surface area contributed by atoms with Crippen molar-refractivity contribution in [2.75, 3.05) is 0 Å². The quantitative estimate of drug-likeness (QED) is 0.486. The molecule has 3 aromatic carbocycles. The van der Waals surface area contributed by atoms with Gasteiger partial charge in [-0.25, -0.2) is 0 Å². The number of benzene rings is 3. The summed E-state index contributed by atoms with van der Waals surface area (Å²) in [5, 5.41) is 4.13. The highest BCUT2D eigenvalue weighted by Crippen LogP contribution is 2.42. The monoisotopic (exact) mass is 440 g/mol. The summed E-state index contributed by atoms with van der Waals surface area (Å²) in [4.78, 5) is 0.